The van der Waals surface area contributed by atoms with Crippen molar-refractivity contribution in [2.24, 2.45) is 0 Å². The van der Waals surface area contributed by atoms with E-state index < -0.39 is 17.6 Å². The first-order chi connectivity index (χ1) is 14.2. The van der Waals surface area contributed by atoms with E-state index in [1.54, 1.807) is 0 Å². The average molecular weight is 433 g/mol. The summed E-state index contributed by atoms with van der Waals surface area (Å²) in [6.07, 6.45) is 0.769. The summed E-state index contributed by atoms with van der Waals surface area (Å²) in [5.41, 5.74) is 1.78. The van der Waals surface area contributed by atoms with Gasteiger partial charge in [0.25, 0.3) is 0 Å². The zero-order valence-corrected chi connectivity index (χ0v) is 18.4. The molecule has 1 saturated heterocycles. The fourth-order valence-corrected chi connectivity index (χ4v) is 3.22. The minimum absolute atomic E-state index is 0.164. The largest absolute Gasteiger partial charge is 0.480 e. The molecule has 1 aliphatic heterocycles. The molecule has 2 atom stereocenters. The van der Waals surface area contributed by atoms with Gasteiger partial charge in [-0.25, -0.2) is 4.79 Å². The van der Waals surface area contributed by atoms with Crippen LogP contribution in [-0.2, 0) is 19.9 Å². The summed E-state index contributed by atoms with van der Waals surface area (Å²) in [5.74, 6) is -1.11. The summed E-state index contributed by atoms with van der Waals surface area (Å²) < 4.78 is 6.27. The lowest BCUT2D eigenvalue weighted by molar-refractivity contribution is -0.140. The Balaban J connectivity index is 0.000000297. The van der Waals surface area contributed by atoms with Crippen LogP contribution in [0.15, 0.2) is 54.6 Å². The first-order valence-electron chi connectivity index (χ1n) is 9.85. The predicted molar refractivity (Wildman–Crippen MR) is 118 cm³/mol. The second-order valence-corrected chi connectivity index (χ2v) is 7.99. The number of carbonyl (C=O) groups is 2. The summed E-state index contributed by atoms with van der Waals surface area (Å²) in [6.45, 7) is 3.66. The second-order valence-electron chi connectivity index (χ2n) is 7.55. The summed E-state index contributed by atoms with van der Waals surface area (Å²) in [4.78, 5) is 22.6. The maximum Gasteiger partial charge on any atom is 0.326 e. The van der Waals surface area contributed by atoms with E-state index in [0.29, 0.717) is 19.4 Å². The van der Waals surface area contributed by atoms with Gasteiger partial charge in [0, 0.05) is 18.0 Å². The molecule has 162 valence electrons. The zero-order valence-electron chi connectivity index (χ0n) is 17.6. The number of hydrogen-bond acceptors (Lipinski definition) is 4. The monoisotopic (exact) mass is 432 g/mol. The van der Waals surface area contributed by atoms with Crippen molar-refractivity contribution in [1.82, 2.24) is 10.2 Å². The van der Waals surface area contributed by atoms with Crippen molar-refractivity contribution in [1.29, 1.82) is 0 Å². The first kappa shape index (κ1) is 23.9. The number of nitrogens with one attached hydrogen (secondary N) is 1. The quantitative estimate of drug-likeness (QED) is 0.699. The number of benzene rings is 2. The maximum absolute atomic E-state index is 10.4. The van der Waals surface area contributed by atoms with Crippen molar-refractivity contribution in [2.45, 2.75) is 31.4 Å². The van der Waals surface area contributed by atoms with Crippen LogP contribution in [0.5, 0.6) is 0 Å². The number of carbonyl (C=O) groups excluding carboxylic acids is 1. The second kappa shape index (κ2) is 11.1. The number of ether oxygens (including phenoxy) is 1. The number of rotatable bonds is 7. The third kappa shape index (κ3) is 6.83. The molecule has 30 heavy (non-hydrogen) atoms. The summed E-state index contributed by atoms with van der Waals surface area (Å²) in [6, 6.07) is 17.5. The predicted octanol–water partition coefficient (Wildman–Crippen LogP) is 3.53. The minimum Gasteiger partial charge on any atom is -0.480 e. The molecule has 2 aromatic rings. The SMILES string of the molecule is CN(C)CCOC(C)(c1ccccc1)c1ccc(Cl)cc1.O=C1CC[C@@H](C(=O)O)N1. The molecule has 3 rings (SSSR count). The van der Waals surface area contributed by atoms with Crippen LogP contribution < -0.4 is 5.32 Å². The van der Waals surface area contributed by atoms with Gasteiger partial charge in [-0.1, -0.05) is 54.1 Å². The highest BCUT2D eigenvalue weighted by atomic mass is 35.5. The molecule has 1 amide bonds. The maximum atomic E-state index is 10.4. The molecular formula is C23H29ClN2O4. The molecule has 2 N–H and O–H groups in total. The lowest BCUT2D eigenvalue weighted by atomic mass is 9.88. The van der Waals surface area contributed by atoms with E-state index in [1.807, 2.05) is 56.6 Å². The normalized spacial score (nSPS) is 17.6. The number of carboxylic acids is 1. The summed E-state index contributed by atoms with van der Waals surface area (Å²) >= 11 is 6.01. The van der Waals surface area contributed by atoms with E-state index in [4.69, 9.17) is 21.4 Å². The highest BCUT2D eigenvalue weighted by Crippen LogP contribution is 2.33. The van der Waals surface area contributed by atoms with Crippen LogP contribution in [0.3, 0.4) is 0 Å². The third-order valence-electron chi connectivity index (χ3n) is 4.94. The number of hydrogen-bond donors (Lipinski definition) is 2. The Bertz CT molecular complexity index is 827. The van der Waals surface area contributed by atoms with Gasteiger partial charge < -0.3 is 20.1 Å². The fourth-order valence-electron chi connectivity index (χ4n) is 3.09. The van der Waals surface area contributed by atoms with Crippen molar-refractivity contribution in [3.05, 3.63) is 70.7 Å². The Morgan fingerprint density at radius 3 is 2.23 bits per heavy atom. The summed E-state index contributed by atoms with van der Waals surface area (Å²) in [5, 5.41) is 11.4. The lowest BCUT2D eigenvalue weighted by Gasteiger charge is -2.32. The average Bonchev–Trinajstić information content (AvgIpc) is 3.16. The van der Waals surface area contributed by atoms with Crippen LogP contribution >= 0.6 is 11.6 Å². The van der Waals surface area contributed by atoms with Gasteiger partial charge in [0.2, 0.25) is 5.91 Å². The van der Waals surface area contributed by atoms with Crippen molar-refractivity contribution in [3.8, 4) is 0 Å². The molecule has 0 aromatic heterocycles. The summed E-state index contributed by atoms with van der Waals surface area (Å²) in [7, 11) is 4.09. The van der Waals surface area contributed by atoms with Gasteiger partial charge in [0.15, 0.2) is 0 Å². The Morgan fingerprint density at radius 1 is 1.17 bits per heavy atom. The number of aliphatic carboxylic acids is 1. The van der Waals surface area contributed by atoms with Crippen molar-refractivity contribution < 1.29 is 19.4 Å². The van der Waals surface area contributed by atoms with Gasteiger partial charge >= 0.3 is 5.97 Å². The molecule has 7 heteroatoms. The Morgan fingerprint density at radius 2 is 1.77 bits per heavy atom. The van der Waals surface area contributed by atoms with Gasteiger partial charge in [-0.2, -0.15) is 0 Å². The molecule has 0 radical (unpaired) electrons. The smallest absolute Gasteiger partial charge is 0.326 e. The van der Waals surface area contributed by atoms with Crippen LogP contribution in [0.4, 0.5) is 0 Å². The van der Waals surface area contributed by atoms with Gasteiger partial charge in [0.1, 0.15) is 11.6 Å². The standard InChI is InChI=1S/C18H22ClNO.C5H7NO3/c1-18(21-14-13-20(2)3,15-7-5-4-6-8-15)16-9-11-17(19)12-10-16;7-4-2-1-3(6-4)5(8)9/h4-12H,13-14H2,1-3H3;3H,1-2H2,(H,6,7)(H,8,9)/t;3-/m.0/s1. The highest BCUT2D eigenvalue weighted by Gasteiger charge is 2.29. The molecule has 2 aromatic carbocycles. The van der Waals surface area contributed by atoms with Crippen LogP contribution in [0, 0.1) is 0 Å². The van der Waals surface area contributed by atoms with E-state index in [2.05, 4.69) is 29.3 Å². The Kier molecular flexibility index (Phi) is 8.84. The van der Waals surface area contributed by atoms with Gasteiger partial charge in [0.05, 0.1) is 6.61 Å². The molecule has 6 nitrogen and oxygen atoms in total. The van der Waals surface area contributed by atoms with E-state index in [0.717, 1.165) is 22.7 Å². The molecule has 1 heterocycles. The van der Waals surface area contributed by atoms with Gasteiger partial charge in [-0.15, -0.1) is 0 Å². The molecule has 1 fully saturated rings. The van der Waals surface area contributed by atoms with Crippen molar-refractivity contribution in [2.75, 3.05) is 27.2 Å². The van der Waals surface area contributed by atoms with E-state index >= 15 is 0 Å². The van der Waals surface area contributed by atoms with Crippen LogP contribution in [-0.4, -0.2) is 55.2 Å². The van der Waals surface area contributed by atoms with Gasteiger partial charge in [-0.05, 0) is 50.7 Å². The number of carboxylic acid groups (broad SMARTS) is 1. The number of amides is 1. The topological polar surface area (TPSA) is 78.9 Å². The first-order valence-corrected chi connectivity index (χ1v) is 10.2. The Hall–Kier alpha value is -2.41. The molecule has 1 aliphatic rings. The molecular weight excluding hydrogens is 404 g/mol. The number of likely N-dealkylation sites (N-methyl/N-ethyl adjacent to an activating group) is 1. The third-order valence-corrected chi connectivity index (χ3v) is 5.19. The van der Waals surface area contributed by atoms with Crippen LogP contribution in [0.25, 0.3) is 0 Å². The number of halogens is 1. The van der Waals surface area contributed by atoms with E-state index in [-0.39, 0.29) is 5.91 Å². The lowest BCUT2D eigenvalue weighted by Crippen LogP contribution is -2.32. The molecule has 0 saturated carbocycles. The minimum atomic E-state index is -0.944. The molecule has 0 bridgehead atoms. The highest BCUT2D eigenvalue weighted by molar-refractivity contribution is 6.30. The van der Waals surface area contributed by atoms with E-state index in [1.165, 1.54) is 0 Å². The number of nitrogens with zero attached hydrogens (tertiary/aromatic N) is 1. The van der Waals surface area contributed by atoms with Crippen molar-refractivity contribution in [3.63, 3.8) is 0 Å². The molecule has 1 unspecified atom stereocenters. The molecule has 0 aliphatic carbocycles. The molecule has 0 spiro atoms. The van der Waals surface area contributed by atoms with Crippen molar-refractivity contribution >= 4 is 23.5 Å². The Labute approximate surface area is 182 Å². The van der Waals surface area contributed by atoms with E-state index in [9.17, 15) is 9.59 Å². The van der Waals surface area contributed by atoms with Crippen LogP contribution in [0.1, 0.15) is 30.9 Å². The fraction of sp³-hybridized carbons (Fsp3) is 0.391. The zero-order chi connectivity index (χ0) is 22.1. The van der Waals surface area contributed by atoms with Gasteiger partial charge in [-0.3, -0.25) is 4.79 Å². The van der Waals surface area contributed by atoms with Crippen LogP contribution in [0.2, 0.25) is 5.02 Å².